The first-order valence-electron chi connectivity index (χ1n) is 3.69. The third-order valence-electron chi connectivity index (χ3n) is 1.56. The molecule has 1 rings (SSSR count). The van der Waals surface area contributed by atoms with Gasteiger partial charge in [-0.3, -0.25) is 4.79 Å². The maximum atomic E-state index is 11.5. The van der Waals surface area contributed by atoms with E-state index in [2.05, 4.69) is 0 Å². The highest BCUT2D eigenvalue weighted by Crippen LogP contribution is 2.17. The van der Waals surface area contributed by atoms with Crippen LogP contribution in [-0.2, 0) is 4.79 Å². The zero-order chi connectivity index (χ0) is 9.84. The molecule has 1 aliphatic rings. The molecule has 1 unspecified atom stereocenters. The molecule has 5 heteroatoms. The third-order valence-corrected chi connectivity index (χ3v) is 2.76. The Morgan fingerprint density at radius 2 is 2.00 bits per heavy atom. The van der Waals surface area contributed by atoms with Crippen molar-refractivity contribution in [1.29, 1.82) is 0 Å². The summed E-state index contributed by atoms with van der Waals surface area (Å²) in [5.74, 6) is -0.280. The molecule has 0 aromatic rings. The van der Waals surface area contributed by atoms with Crippen LogP contribution in [0.1, 0.15) is 0 Å². The SMILES string of the molecule is O=C(C(Cl)C(Cl)Cl)N1C=CC=CC1. The van der Waals surface area contributed by atoms with Gasteiger partial charge in [0.25, 0.3) is 0 Å². The van der Waals surface area contributed by atoms with Crippen LogP contribution in [0.5, 0.6) is 0 Å². The fourth-order valence-corrected chi connectivity index (χ4v) is 1.24. The van der Waals surface area contributed by atoms with Crippen molar-refractivity contribution in [2.75, 3.05) is 6.54 Å². The van der Waals surface area contributed by atoms with E-state index in [0.717, 1.165) is 0 Å². The highest BCUT2D eigenvalue weighted by Gasteiger charge is 2.26. The van der Waals surface area contributed by atoms with Gasteiger partial charge in [-0.15, -0.1) is 34.8 Å². The quantitative estimate of drug-likeness (QED) is 0.678. The molecule has 72 valence electrons. The second-order valence-electron chi connectivity index (χ2n) is 2.50. The van der Waals surface area contributed by atoms with Crippen LogP contribution in [0.25, 0.3) is 0 Å². The lowest BCUT2D eigenvalue weighted by Crippen LogP contribution is -2.36. The van der Waals surface area contributed by atoms with E-state index in [4.69, 9.17) is 34.8 Å². The molecule has 0 aromatic heterocycles. The monoisotopic (exact) mass is 239 g/mol. The minimum atomic E-state index is -0.889. The molecule has 0 N–H and O–H groups in total. The van der Waals surface area contributed by atoms with E-state index in [9.17, 15) is 4.79 Å². The highest BCUT2D eigenvalue weighted by molar-refractivity contribution is 6.51. The summed E-state index contributed by atoms with van der Waals surface area (Å²) in [7, 11) is 0. The first kappa shape index (κ1) is 10.9. The lowest BCUT2D eigenvalue weighted by atomic mass is 10.3. The van der Waals surface area contributed by atoms with Crippen LogP contribution >= 0.6 is 34.8 Å². The van der Waals surface area contributed by atoms with Crippen molar-refractivity contribution in [2.24, 2.45) is 0 Å². The number of rotatable bonds is 2. The van der Waals surface area contributed by atoms with Crippen LogP contribution in [0.2, 0.25) is 0 Å². The summed E-state index contributed by atoms with van der Waals surface area (Å²) in [4.78, 5) is 12.1. The van der Waals surface area contributed by atoms with Gasteiger partial charge in [0.2, 0.25) is 5.91 Å². The lowest BCUT2D eigenvalue weighted by molar-refractivity contribution is -0.127. The maximum Gasteiger partial charge on any atom is 0.247 e. The Bertz CT molecular complexity index is 250. The molecule has 1 aliphatic heterocycles. The molecule has 13 heavy (non-hydrogen) atoms. The lowest BCUT2D eigenvalue weighted by Gasteiger charge is -2.21. The van der Waals surface area contributed by atoms with Crippen molar-refractivity contribution < 1.29 is 4.79 Å². The Kier molecular flexibility index (Phi) is 4.10. The topological polar surface area (TPSA) is 20.3 Å². The first-order valence-corrected chi connectivity index (χ1v) is 5.00. The van der Waals surface area contributed by atoms with Gasteiger partial charge in [0.15, 0.2) is 0 Å². The number of amides is 1. The summed E-state index contributed by atoms with van der Waals surface area (Å²) in [5, 5.41) is -0.889. The molecule has 2 nitrogen and oxygen atoms in total. The standard InChI is InChI=1S/C8H8Cl3NO/c9-6(7(10)11)8(13)12-4-2-1-3-5-12/h1-4,6-7H,5H2. The Morgan fingerprint density at radius 3 is 2.46 bits per heavy atom. The van der Waals surface area contributed by atoms with Crippen LogP contribution in [0.15, 0.2) is 24.4 Å². The minimum absolute atomic E-state index is 0.280. The Hall–Kier alpha value is -0.180. The van der Waals surface area contributed by atoms with E-state index in [1.807, 2.05) is 12.2 Å². The van der Waals surface area contributed by atoms with Gasteiger partial charge in [-0.1, -0.05) is 12.2 Å². The van der Waals surface area contributed by atoms with Gasteiger partial charge >= 0.3 is 0 Å². The zero-order valence-electron chi connectivity index (χ0n) is 6.66. The van der Waals surface area contributed by atoms with Gasteiger partial charge in [-0.05, 0) is 6.08 Å². The summed E-state index contributed by atoms with van der Waals surface area (Å²) in [5.41, 5.74) is 0. The van der Waals surface area contributed by atoms with E-state index >= 15 is 0 Å². The largest absolute Gasteiger partial charge is 0.314 e. The zero-order valence-corrected chi connectivity index (χ0v) is 8.93. The van der Waals surface area contributed by atoms with Crippen molar-refractivity contribution >= 4 is 40.7 Å². The van der Waals surface area contributed by atoms with E-state index in [1.165, 1.54) is 4.90 Å². The fourth-order valence-electron chi connectivity index (χ4n) is 0.897. The number of carbonyl (C=O) groups excluding carboxylic acids is 1. The molecule has 1 amide bonds. The van der Waals surface area contributed by atoms with E-state index in [0.29, 0.717) is 6.54 Å². The first-order chi connectivity index (χ1) is 6.13. The average Bonchev–Trinajstić information content (AvgIpc) is 2.17. The van der Waals surface area contributed by atoms with Gasteiger partial charge in [0, 0.05) is 12.7 Å². The van der Waals surface area contributed by atoms with Crippen LogP contribution in [0.3, 0.4) is 0 Å². The van der Waals surface area contributed by atoms with Gasteiger partial charge in [0.1, 0.15) is 10.2 Å². The van der Waals surface area contributed by atoms with Crippen LogP contribution < -0.4 is 0 Å². The molecule has 0 spiro atoms. The summed E-state index contributed by atoms with van der Waals surface area (Å²) >= 11 is 16.7. The van der Waals surface area contributed by atoms with Crippen molar-refractivity contribution in [3.8, 4) is 0 Å². The van der Waals surface area contributed by atoms with Gasteiger partial charge in [-0.25, -0.2) is 0 Å². The Morgan fingerprint density at radius 1 is 1.31 bits per heavy atom. The molecule has 0 saturated heterocycles. The Balaban J connectivity index is 2.57. The predicted octanol–water partition coefficient (Wildman–Crippen LogP) is 2.31. The summed E-state index contributed by atoms with van der Waals surface area (Å²) in [6.45, 7) is 0.513. The molecule has 0 saturated carbocycles. The molecule has 1 heterocycles. The van der Waals surface area contributed by atoms with Gasteiger partial charge in [0.05, 0.1) is 0 Å². The van der Waals surface area contributed by atoms with Crippen molar-refractivity contribution in [1.82, 2.24) is 4.90 Å². The number of alkyl halides is 3. The maximum absolute atomic E-state index is 11.5. The second-order valence-corrected chi connectivity index (χ2v) is 4.13. The minimum Gasteiger partial charge on any atom is -0.314 e. The Labute approximate surface area is 91.7 Å². The predicted molar refractivity (Wildman–Crippen MR) is 55.1 cm³/mol. The van der Waals surface area contributed by atoms with E-state index < -0.39 is 10.2 Å². The molecule has 0 bridgehead atoms. The second kappa shape index (κ2) is 4.89. The summed E-state index contributed by atoms with van der Waals surface area (Å²) in [6.07, 6.45) is 7.10. The van der Waals surface area contributed by atoms with Crippen LogP contribution in [-0.4, -0.2) is 27.6 Å². The summed E-state index contributed by atoms with van der Waals surface area (Å²) in [6, 6.07) is 0. The molecule has 0 aromatic carbocycles. The number of hydrogen-bond acceptors (Lipinski definition) is 1. The van der Waals surface area contributed by atoms with Gasteiger partial charge in [-0.2, -0.15) is 0 Å². The van der Waals surface area contributed by atoms with Crippen molar-refractivity contribution in [3.05, 3.63) is 24.4 Å². The van der Waals surface area contributed by atoms with Gasteiger partial charge < -0.3 is 4.90 Å². The number of allylic oxidation sites excluding steroid dienone is 2. The van der Waals surface area contributed by atoms with Crippen molar-refractivity contribution in [3.63, 3.8) is 0 Å². The van der Waals surface area contributed by atoms with Crippen LogP contribution in [0, 0.1) is 0 Å². The summed E-state index contributed by atoms with van der Waals surface area (Å²) < 4.78 is 0. The fraction of sp³-hybridized carbons (Fsp3) is 0.375. The number of halogens is 3. The number of carbonyl (C=O) groups is 1. The molecule has 0 fully saturated rings. The molecule has 0 aliphatic carbocycles. The van der Waals surface area contributed by atoms with E-state index in [1.54, 1.807) is 12.3 Å². The average molecular weight is 241 g/mol. The third kappa shape index (κ3) is 2.90. The highest BCUT2D eigenvalue weighted by atomic mass is 35.5. The number of hydrogen-bond donors (Lipinski definition) is 0. The van der Waals surface area contributed by atoms with E-state index in [-0.39, 0.29) is 5.91 Å². The van der Waals surface area contributed by atoms with Crippen molar-refractivity contribution in [2.45, 2.75) is 10.2 Å². The molecule has 0 radical (unpaired) electrons. The normalized spacial score (nSPS) is 18.0. The van der Waals surface area contributed by atoms with Crippen LogP contribution in [0.4, 0.5) is 0 Å². The molecular weight excluding hydrogens is 232 g/mol. The smallest absolute Gasteiger partial charge is 0.247 e. The molecule has 1 atom stereocenters. The number of nitrogens with zero attached hydrogens (tertiary/aromatic N) is 1. The molecular formula is C8H8Cl3NO.